The monoisotopic (exact) mass is 357 g/mol. The number of likely N-dealkylation sites (tertiary alicyclic amines) is 1. The lowest BCUT2D eigenvalue weighted by atomic mass is 10.1. The van der Waals surface area contributed by atoms with Crippen molar-refractivity contribution in [1.29, 1.82) is 0 Å². The lowest BCUT2D eigenvalue weighted by Gasteiger charge is -2.28. The van der Waals surface area contributed by atoms with Crippen LogP contribution in [0.1, 0.15) is 54.5 Å². The largest absolute Gasteiger partial charge is 0.393 e. The highest BCUT2D eigenvalue weighted by Gasteiger charge is 2.25. The number of aromatic nitrogens is 1. The van der Waals surface area contributed by atoms with Crippen molar-refractivity contribution >= 4 is 5.91 Å². The first-order chi connectivity index (χ1) is 12.6. The van der Waals surface area contributed by atoms with Crippen LogP contribution in [0, 0.1) is 0 Å². The van der Waals surface area contributed by atoms with Gasteiger partial charge in [-0.15, -0.1) is 0 Å². The van der Waals surface area contributed by atoms with E-state index in [9.17, 15) is 9.90 Å². The molecule has 0 saturated carbocycles. The van der Waals surface area contributed by atoms with E-state index in [-0.39, 0.29) is 18.1 Å². The summed E-state index contributed by atoms with van der Waals surface area (Å²) in [6.45, 7) is 6.87. The number of aliphatic hydroxyl groups excluding tert-OH is 1. The van der Waals surface area contributed by atoms with E-state index in [2.05, 4.69) is 10.1 Å². The smallest absolute Gasteiger partial charge is 0.276 e. The van der Waals surface area contributed by atoms with Crippen LogP contribution in [0.25, 0.3) is 0 Å². The summed E-state index contributed by atoms with van der Waals surface area (Å²) < 4.78 is 5.39. The lowest BCUT2D eigenvalue weighted by Crippen LogP contribution is -2.35. The van der Waals surface area contributed by atoms with E-state index in [4.69, 9.17) is 4.52 Å². The van der Waals surface area contributed by atoms with Gasteiger partial charge in [0, 0.05) is 25.7 Å². The van der Waals surface area contributed by atoms with Crippen LogP contribution in [0.15, 0.2) is 40.9 Å². The molecular formula is C20H27N3O3. The average Bonchev–Trinajstić information content (AvgIpc) is 3.13. The summed E-state index contributed by atoms with van der Waals surface area (Å²) in [5.74, 6) is 0.570. The van der Waals surface area contributed by atoms with Gasteiger partial charge < -0.3 is 14.5 Å². The maximum atomic E-state index is 12.9. The Kier molecular flexibility index (Phi) is 6.06. The number of amides is 1. The van der Waals surface area contributed by atoms with Crippen LogP contribution >= 0.6 is 0 Å². The molecule has 1 aromatic carbocycles. The zero-order valence-corrected chi connectivity index (χ0v) is 15.5. The minimum absolute atomic E-state index is 0.0302. The molecule has 140 valence electrons. The fourth-order valence-corrected chi connectivity index (χ4v) is 3.44. The third kappa shape index (κ3) is 4.31. The van der Waals surface area contributed by atoms with Gasteiger partial charge in [-0.3, -0.25) is 9.69 Å². The number of aliphatic hydroxyl groups is 1. The molecule has 0 radical (unpaired) electrons. The molecule has 2 heterocycles. The van der Waals surface area contributed by atoms with Crippen LogP contribution < -0.4 is 0 Å². The van der Waals surface area contributed by atoms with Crippen molar-refractivity contribution in [2.24, 2.45) is 0 Å². The first-order valence-corrected chi connectivity index (χ1v) is 9.30. The van der Waals surface area contributed by atoms with E-state index >= 15 is 0 Å². The zero-order chi connectivity index (χ0) is 18.5. The van der Waals surface area contributed by atoms with E-state index in [0.29, 0.717) is 24.5 Å². The van der Waals surface area contributed by atoms with Gasteiger partial charge in [-0.05, 0) is 32.3 Å². The number of carbonyl (C=O) groups excluding carboxylic acids is 1. The third-order valence-electron chi connectivity index (χ3n) is 5.07. The van der Waals surface area contributed by atoms with Crippen LogP contribution in [-0.2, 0) is 6.54 Å². The normalized spacial score (nSPS) is 17.2. The van der Waals surface area contributed by atoms with Gasteiger partial charge in [-0.1, -0.05) is 35.5 Å². The molecule has 0 spiro atoms. The highest BCUT2D eigenvalue weighted by atomic mass is 16.5. The molecule has 1 saturated heterocycles. The number of hydrogen-bond acceptors (Lipinski definition) is 5. The summed E-state index contributed by atoms with van der Waals surface area (Å²) in [6.07, 6.45) is 1.35. The quantitative estimate of drug-likeness (QED) is 0.861. The number of nitrogens with zero attached hydrogens (tertiary/aromatic N) is 3. The van der Waals surface area contributed by atoms with Crippen LogP contribution in [0.3, 0.4) is 0 Å². The summed E-state index contributed by atoms with van der Waals surface area (Å²) in [5.41, 5.74) is 1.44. The van der Waals surface area contributed by atoms with Crippen molar-refractivity contribution in [2.75, 3.05) is 19.6 Å². The van der Waals surface area contributed by atoms with Gasteiger partial charge in [0.25, 0.3) is 5.91 Å². The molecule has 1 aliphatic heterocycles. The van der Waals surface area contributed by atoms with Crippen molar-refractivity contribution < 1.29 is 14.4 Å². The predicted molar refractivity (Wildman–Crippen MR) is 98.6 cm³/mol. The molecular weight excluding hydrogens is 330 g/mol. The highest BCUT2D eigenvalue weighted by Crippen LogP contribution is 2.22. The van der Waals surface area contributed by atoms with Crippen LogP contribution in [0.4, 0.5) is 0 Å². The van der Waals surface area contributed by atoms with Gasteiger partial charge in [0.05, 0.1) is 18.7 Å². The number of rotatable bonds is 6. The van der Waals surface area contributed by atoms with Gasteiger partial charge in [-0.25, -0.2) is 0 Å². The fraction of sp³-hybridized carbons (Fsp3) is 0.500. The molecule has 6 heteroatoms. The van der Waals surface area contributed by atoms with Crippen LogP contribution in [-0.4, -0.2) is 51.7 Å². The molecule has 6 nitrogen and oxygen atoms in total. The van der Waals surface area contributed by atoms with E-state index in [0.717, 1.165) is 31.5 Å². The first-order valence-electron chi connectivity index (χ1n) is 9.30. The summed E-state index contributed by atoms with van der Waals surface area (Å²) in [4.78, 5) is 16.9. The molecule has 1 amide bonds. The minimum atomic E-state index is -0.198. The van der Waals surface area contributed by atoms with Gasteiger partial charge in [0.15, 0.2) is 11.5 Å². The topological polar surface area (TPSA) is 69.8 Å². The summed E-state index contributed by atoms with van der Waals surface area (Å²) in [6, 6.07) is 11.7. The molecule has 1 aromatic heterocycles. The molecule has 1 fully saturated rings. The SMILES string of the molecule is CCN(C(=O)c1cc(CN2CCC(O)CC2)on1)[C@H](C)c1ccccc1. The Morgan fingerprint density at radius 3 is 2.69 bits per heavy atom. The van der Waals surface area contributed by atoms with Gasteiger partial charge in [0.1, 0.15) is 0 Å². The molecule has 26 heavy (non-hydrogen) atoms. The standard InChI is InChI=1S/C20H27N3O3/c1-3-23(15(2)16-7-5-4-6-8-16)20(25)19-13-18(26-21-19)14-22-11-9-17(24)10-12-22/h4-8,13,15,17,24H,3,9-12,14H2,1-2H3/t15-/m1/s1. The maximum Gasteiger partial charge on any atom is 0.276 e. The summed E-state index contributed by atoms with van der Waals surface area (Å²) >= 11 is 0. The number of hydrogen-bond donors (Lipinski definition) is 1. The molecule has 3 rings (SSSR count). The molecule has 1 N–H and O–H groups in total. The van der Waals surface area contributed by atoms with Crippen molar-refractivity contribution in [2.45, 2.75) is 45.4 Å². The average molecular weight is 357 g/mol. The van der Waals surface area contributed by atoms with Crippen molar-refractivity contribution in [3.63, 3.8) is 0 Å². The van der Waals surface area contributed by atoms with Crippen molar-refractivity contribution in [1.82, 2.24) is 15.0 Å². The predicted octanol–water partition coefficient (Wildman–Crippen LogP) is 2.85. The Morgan fingerprint density at radius 2 is 2.04 bits per heavy atom. The van der Waals surface area contributed by atoms with Gasteiger partial charge in [-0.2, -0.15) is 0 Å². The Labute approximate surface area is 154 Å². The second-order valence-corrected chi connectivity index (χ2v) is 6.86. The zero-order valence-electron chi connectivity index (χ0n) is 15.5. The second kappa shape index (κ2) is 8.47. The van der Waals surface area contributed by atoms with E-state index in [1.54, 1.807) is 11.0 Å². The number of piperidine rings is 1. The van der Waals surface area contributed by atoms with Crippen LogP contribution in [0.2, 0.25) is 0 Å². The Hall–Kier alpha value is -2.18. The van der Waals surface area contributed by atoms with Gasteiger partial charge >= 0.3 is 0 Å². The molecule has 2 aromatic rings. The van der Waals surface area contributed by atoms with E-state index in [1.165, 1.54) is 0 Å². The van der Waals surface area contributed by atoms with Gasteiger partial charge in [0.2, 0.25) is 0 Å². The second-order valence-electron chi connectivity index (χ2n) is 6.86. The van der Waals surface area contributed by atoms with Crippen molar-refractivity contribution in [3.8, 4) is 0 Å². The summed E-state index contributed by atoms with van der Waals surface area (Å²) in [5, 5.41) is 13.6. The minimum Gasteiger partial charge on any atom is -0.393 e. The molecule has 0 aliphatic carbocycles. The maximum absolute atomic E-state index is 12.9. The van der Waals surface area contributed by atoms with Crippen molar-refractivity contribution in [3.05, 3.63) is 53.4 Å². The molecule has 0 bridgehead atoms. The molecule has 1 atom stereocenters. The first kappa shape index (κ1) is 18.6. The Morgan fingerprint density at radius 1 is 1.35 bits per heavy atom. The van der Waals surface area contributed by atoms with E-state index in [1.807, 2.05) is 44.2 Å². The molecule has 0 unspecified atom stereocenters. The molecule has 1 aliphatic rings. The Balaban J connectivity index is 1.66. The summed E-state index contributed by atoms with van der Waals surface area (Å²) in [7, 11) is 0. The fourth-order valence-electron chi connectivity index (χ4n) is 3.44. The third-order valence-corrected chi connectivity index (χ3v) is 5.07. The highest BCUT2D eigenvalue weighted by molar-refractivity contribution is 5.92. The lowest BCUT2D eigenvalue weighted by molar-refractivity contribution is 0.0688. The van der Waals surface area contributed by atoms with E-state index < -0.39 is 0 Å². The van der Waals surface area contributed by atoms with Crippen LogP contribution in [0.5, 0.6) is 0 Å². The number of carbonyl (C=O) groups is 1. The Bertz CT molecular complexity index is 708. The number of benzene rings is 1.